The van der Waals surface area contributed by atoms with Crippen molar-refractivity contribution in [2.75, 3.05) is 17.2 Å². The lowest BCUT2D eigenvalue weighted by molar-refractivity contribution is 0.0985. The minimum atomic E-state index is -0.588. The van der Waals surface area contributed by atoms with Crippen LogP contribution in [0.5, 0.6) is 5.75 Å². The van der Waals surface area contributed by atoms with Gasteiger partial charge in [0, 0.05) is 24.0 Å². The van der Waals surface area contributed by atoms with E-state index in [0.29, 0.717) is 17.9 Å². The minimum absolute atomic E-state index is 0.0603. The summed E-state index contributed by atoms with van der Waals surface area (Å²) in [5, 5.41) is 9.69. The van der Waals surface area contributed by atoms with Gasteiger partial charge in [-0.25, -0.2) is 4.39 Å². The number of amides is 1. The molecule has 1 amide bonds. The molecule has 4 nitrogen and oxygen atoms in total. The number of phenols is 1. The maximum atomic E-state index is 13.0. The number of benzene rings is 2. The summed E-state index contributed by atoms with van der Waals surface area (Å²) in [4.78, 5) is 13.9. The second-order valence-electron chi connectivity index (χ2n) is 4.30. The molecule has 5 heteroatoms. The van der Waals surface area contributed by atoms with E-state index in [0.717, 1.165) is 12.1 Å². The van der Waals surface area contributed by atoms with Crippen LogP contribution in [-0.4, -0.2) is 17.6 Å². The number of aromatic hydroxyl groups is 1. The van der Waals surface area contributed by atoms with Crippen LogP contribution in [-0.2, 0) is 0 Å². The number of anilines is 2. The van der Waals surface area contributed by atoms with E-state index < -0.39 is 11.7 Å². The Balaban J connectivity index is 2.36. The van der Waals surface area contributed by atoms with Gasteiger partial charge < -0.3 is 15.7 Å². The molecule has 0 aliphatic carbocycles. The molecule has 0 bridgehead atoms. The third-order valence-corrected chi connectivity index (χ3v) is 2.96. The van der Waals surface area contributed by atoms with Gasteiger partial charge in [0.25, 0.3) is 5.91 Å². The van der Waals surface area contributed by atoms with E-state index in [2.05, 4.69) is 0 Å². The van der Waals surface area contributed by atoms with Gasteiger partial charge in [-0.05, 0) is 43.3 Å². The van der Waals surface area contributed by atoms with Crippen LogP contribution >= 0.6 is 0 Å². The molecule has 0 unspecified atom stereocenters. The molecule has 0 aliphatic rings. The standard InChI is InChI=1S/C15H15FN2O2/c1-2-18(12-6-4-11(17)5-7-12)15(20)13-8-3-10(16)9-14(13)19/h3-9,19H,2,17H2,1H3. The predicted octanol–water partition coefficient (Wildman–Crippen LogP) is 2.78. The van der Waals surface area contributed by atoms with Gasteiger partial charge >= 0.3 is 0 Å². The SMILES string of the molecule is CCN(C(=O)c1ccc(F)cc1O)c1ccc(N)cc1. The first-order valence-electron chi connectivity index (χ1n) is 6.19. The lowest BCUT2D eigenvalue weighted by Gasteiger charge is -2.21. The van der Waals surface area contributed by atoms with Crippen LogP contribution in [0.2, 0.25) is 0 Å². The zero-order valence-electron chi connectivity index (χ0n) is 11.0. The van der Waals surface area contributed by atoms with Gasteiger partial charge in [-0.15, -0.1) is 0 Å². The Morgan fingerprint density at radius 1 is 1.25 bits per heavy atom. The largest absolute Gasteiger partial charge is 0.507 e. The van der Waals surface area contributed by atoms with Gasteiger partial charge in [0.15, 0.2) is 0 Å². The normalized spacial score (nSPS) is 10.3. The lowest BCUT2D eigenvalue weighted by Crippen LogP contribution is -2.30. The van der Waals surface area contributed by atoms with Crippen LogP contribution < -0.4 is 10.6 Å². The van der Waals surface area contributed by atoms with Crippen LogP contribution in [0.15, 0.2) is 42.5 Å². The first-order chi connectivity index (χ1) is 9.52. The van der Waals surface area contributed by atoms with Crippen molar-refractivity contribution in [1.82, 2.24) is 0 Å². The second kappa shape index (κ2) is 5.61. The highest BCUT2D eigenvalue weighted by molar-refractivity contribution is 6.07. The van der Waals surface area contributed by atoms with Crippen molar-refractivity contribution in [3.63, 3.8) is 0 Å². The Labute approximate surface area is 116 Å². The number of nitrogen functional groups attached to an aromatic ring is 1. The number of nitrogens with two attached hydrogens (primary N) is 1. The number of hydrogen-bond donors (Lipinski definition) is 2. The molecule has 0 saturated carbocycles. The molecule has 0 atom stereocenters. The van der Waals surface area contributed by atoms with E-state index >= 15 is 0 Å². The van der Waals surface area contributed by atoms with Crippen molar-refractivity contribution in [3.05, 3.63) is 53.8 Å². The van der Waals surface area contributed by atoms with Crippen molar-refractivity contribution < 1.29 is 14.3 Å². The summed E-state index contributed by atoms with van der Waals surface area (Å²) in [7, 11) is 0. The fourth-order valence-electron chi connectivity index (χ4n) is 1.93. The van der Waals surface area contributed by atoms with Crippen molar-refractivity contribution in [1.29, 1.82) is 0 Å². The van der Waals surface area contributed by atoms with E-state index in [4.69, 9.17) is 5.73 Å². The lowest BCUT2D eigenvalue weighted by atomic mass is 10.1. The molecule has 2 rings (SSSR count). The molecular formula is C15H15FN2O2. The van der Waals surface area contributed by atoms with Gasteiger partial charge in [0.1, 0.15) is 11.6 Å². The van der Waals surface area contributed by atoms with E-state index in [1.165, 1.54) is 11.0 Å². The van der Waals surface area contributed by atoms with Gasteiger partial charge in [-0.1, -0.05) is 0 Å². The quantitative estimate of drug-likeness (QED) is 0.846. The maximum Gasteiger partial charge on any atom is 0.262 e. The number of halogens is 1. The molecule has 3 N–H and O–H groups in total. The average Bonchev–Trinajstić information content (AvgIpc) is 2.41. The van der Waals surface area contributed by atoms with E-state index in [1.54, 1.807) is 24.3 Å². The first-order valence-corrected chi connectivity index (χ1v) is 6.19. The third kappa shape index (κ3) is 2.71. The topological polar surface area (TPSA) is 66.6 Å². The number of nitrogens with zero attached hydrogens (tertiary/aromatic N) is 1. The van der Waals surface area contributed by atoms with Gasteiger partial charge in [-0.3, -0.25) is 4.79 Å². The fourth-order valence-corrected chi connectivity index (χ4v) is 1.93. The number of phenolic OH excluding ortho intramolecular Hbond substituents is 1. The average molecular weight is 274 g/mol. The van der Waals surface area contributed by atoms with Crippen molar-refractivity contribution >= 4 is 17.3 Å². The molecule has 0 heterocycles. The number of rotatable bonds is 3. The van der Waals surface area contributed by atoms with Crippen molar-refractivity contribution in [2.24, 2.45) is 0 Å². The fraction of sp³-hybridized carbons (Fsp3) is 0.133. The predicted molar refractivity (Wildman–Crippen MR) is 76.3 cm³/mol. The zero-order chi connectivity index (χ0) is 14.7. The van der Waals surface area contributed by atoms with E-state index in [1.807, 2.05) is 6.92 Å². The number of hydrogen-bond acceptors (Lipinski definition) is 3. The summed E-state index contributed by atoms with van der Waals surface area (Å²) >= 11 is 0. The van der Waals surface area contributed by atoms with E-state index in [9.17, 15) is 14.3 Å². The Kier molecular flexibility index (Phi) is 3.89. The molecule has 0 fully saturated rings. The minimum Gasteiger partial charge on any atom is -0.507 e. The molecular weight excluding hydrogens is 259 g/mol. The monoisotopic (exact) mass is 274 g/mol. The van der Waals surface area contributed by atoms with Gasteiger partial charge in [0.2, 0.25) is 0 Å². The molecule has 0 saturated heterocycles. The van der Waals surface area contributed by atoms with Gasteiger partial charge in [-0.2, -0.15) is 0 Å². The smallest absolute Gasteiger partial charge is 0.262 e. The zero-order valence-corrected chi connectivity index (χ0v) is 11.0. The van der Waals surface area contributed by atoms with Gasteiger partial charge in [0.05, 0.1) is 5.56 Å². The molecule has 0 aromatic heterocycles. The summed E-state index contributed by atoms with van der Waals surface area (Å²) in [6.45, 7) is 2.23. The van der Waals surface area contributed by atoms with Crippen molar-refractivity contribution in [2.45, 2.75) is 6.92 Å². The van der Waals surface area contributed by atoms with Crippen molar-refractivity contribution in [3.8, 4) is 5.75 Å². The first kappa shape index (κ1) is 13.9. The molecule has 0 aliphatic heterocycles. The Hall–Kier alpha value is -2.56. The summed E-state index contributed by atoms with van der Waals surface area (Å²) in [5.74, 6) is -1.35. The molecule has 2 aromatic rings. The molecule has 20 heavy (non-hydrogen) atoms. The third-order valence-electron chi connectivity index (χ3n) is 2.96. The van der Waals surface area contributed by atoms with Crippen LogP contribution in [0, 0.1) is 5.82 Å². The Morgan fingerprint density at radius 2 is 1.90 bits per heavy atom. The highest BCUT2D eigenvalue weighted by Crippen LogP contribution is 2.24. The molecule has 104 valence electrons. The second-order valence-corrected chi connectivity index (χ2v) is 4.30. The summed E-state index contributed by atoms with van der Waals surface area (Å²) in [6.07, 6.45) is 0. The summed E-state index contributed by atoms with van der Waals surface area (Å²) < 4.78 is 13.0. The molecule has 0 radical (unpaired) electrons. The van der Waals surface area contributed by atoms with Crippen LogP contribution in [0.1, 0.15) is 17.3 Å². The highest BCUT2D eigenvalue weighted by Gasteiger charge is 2.19. The Bertz CT molecular complexity index is 626. The van der Waals surface area contributed by atoms with Crippen LogP contribution in [0.3, 0.4) is 0 Å². The maximum absolute atomic E-state index is 13.0. The Morgan fingerprint density at radius 3 is 2.45 bits per heavy atom. The molecule has 2 aromatic carbocycles. The number of carbonyl (C=O) groups is 1. The summed E-state index contributed by atoms with van der Waals surface area (Å²) in [5.41, 5.74) is 6.93. The summed E-state index contributed by atoms with van der Waals surface area (Å²) in [6, 6.07) is 10.2. The van der Waals surface area contributed by atoms with Crippen LogP contribution in [0.25, 0.3) is 0 Å². The van der Waals surface area contributed by atoms with Crippen LogP contribution in [0.4, 0.5) is 15.8 Å². The highest BCUT2D eigenvalue weighted by atomic mass is 19.1. The number of carbonyl (C=O) groups excluding carboxylic acids is 1. The van der Waals surface area contributed by atoms with E-state index in [-0.39, 0.29) is 11.3 Å². The molecule has 0 spiro atoms.